The Hall–Kier alpha value is -2.28. The van der Waals surface area contributed by atoms with E-state index in [1.54, 1.807) is 24.3 Å². The molecule has 2 heterocycles. The lowest BCUT2D eigenvalue weighted by molar-refractivity contribution is 0.598. The fourth-order valence-corrected chi connectivity index (χ4v) is 3.92. The van der Waals surface area contributed by atoms with Gasteiger partial charge in [-0.2, -0.15) is 9.78 Å². The second kappa shape index (κ2) is 8.22. The molecule has 1 aliphatic rings. The molecule has 0 radical (unpaired) electrons. The van der Waals surface area contributed by atoms with E-state index in [9.17, 15) is 9.18 Å². The molecule has 4 rings (SSSR count). The van der Waals surface area contributed by atoms with Gasteiger partial charge in [0.25, 0.3) is 5.56 Å². The fraction of sp³-hybridized carbons (Fsp3) is 0.200. The first-order valence-electron chi connectivity index (χ1n) is 8.93. The van der Waals surface area contributed by atoms with Gasteiger partial charge in [0.05, 0.1) is 33.3 Å². The summed E-state index contributed by atoms with van der Waals surface area (Å²) in [6.45, 7) is 2.73. The topological polar surface area (TPSA) is 41.4 Å². The van der Waals surface area contributed by atoms with E-state index in [-0.39, 0.29) is 15.9 Å². The van der Waals surface area contributed by atoms with Crippen molar-refractivity contribution in [1.82, 2.24) is 9.78 Å². The molecule has 1 saturated heterocycles. The number of anilines is 2. The Morgan fingerprint density at radius 3 is 2.17 bits per heavy atom. The van der Waals surface area contributed by atoms with E-state index >= 15 is 0 Å². The van der Waals surface area contributed by atoms with Crippen LogP contribution < -0.4 is 15.4 Å². The lowest BCUT2D eigenvalue weighted by Crippen LogP contribution is -2.47. The van der Waals surface area contributed by atoms with Crippen LogP contribution in [0.25, 0.3) is 5.69 Å². The van der Waals surface area contributed by atoms with Gasteiger partial charge in [0.2, 0.25) is 0 Å². The Balaban J connectivity index is 1.53. The number of rotatable bonds is 3. The third kappa shape index (κ3) is 3.92. The van der Waals surface area contributed by atoms with Crippen molar-refractivity contribution in [3.8, 4) is 5.69 Å². The van der Waals surface area contributed by atoms with Gasteiger partial charge in [-0.15, -0.1) is 0 Å². The maximum atomic E-state index is 14.0. The van der Waals surface area contributed by atoms with Crippen molar-refractivity contribution in [2.24, 2.45) is 0 Å². The highest BCUT2D eigenvalue weighted by atomic mass is 35.5. The van der Waals surface area contributed by atoms with Crippen molar-refractivity contribution >= 4 is 46.2 Å². The van der Waals surface area contributed by atoms with Gasteiger partial charge in [-0.05, 0) is 30.3 Å². The summed E-state index contributed by atoms with van der Waals surface area (Å²) in [4.78, 5) is 16.4. The third-order valence-corrected chi connectivity index (χ3v) is 5.92. The zero-order valence-electron chi connectivity index (χ0n) is 15.2. The molecule has 0 aliphatic carbocycles. The molecule has 2 aromatic carbocycles. The lowest BCUT2D eigenvalue weighted by Gasteiger charge is -2.37. The number of halogens is 4. The molecular formula is C20H16Cl3FN4O. The number of benzene rings is 2. The maximum Gasteiger partial charge on any atom is 0.291 e. The molecule has 0 atom stereocenters. The number of aromatic nitrogens is 2. The van der Waals surface area contributed by atoms with Gasteiger partial charge in [-0.3, -0.25) is 4.79 Å². The normalized spacial score (nSPS) is 14.3. The van der Waals surface area contributed by atoms with Crippen LogP contribution in [0.5, 0.6) is 0 Å². The highest BCUT2D eigenvalue weighted by Gasteiger charge is 2.21. The molecule has 0 bridgehead atoms. The van der Waals surface area contributed by atoms with E-state index in [0.717, 1.165) is 10.4 Å². The summed E-state index contributed by atoms with van der Waals surface area (Å²) in [6, 6.07) is 12.0. The SMILES string of the molecule is O=c1c(Cl)c(Cl)cnn1-c1ccc(N2CCN(c3ccccc3F)CC2)c(Cl)c1. The third-order valence-electron chi connectivity index (χ3n) is 4.87. The van der Waals surface area contributed by atoms with Crippen LogP contribution in [0.1, 0.15) is 0 Å². The summed E-state index contributed by atoms with van der Waals surface area (Å²) in [5, 5.41) is 4.51. The Morgan fingerprint density at radius 1 is 0.862 bits per heavy atom. The van der Waals surface area contributed by atoms with Gasteiger partial charge in [-0.25, -0.2) is 4.39 Å². The first kappa shape index (κ1) is 20.0. The van der Waals surface area contributed by atoms with Crippen LogP contribution in [-0.2, 0) is 0 Å². The van der Waals surface area contributed by atoms with Crippen molar-refractivity contribution in [3.05, 3.63) is 79.9 Å². The van der Waals surface area contributed by atoms with Gasteiger partial charge >= 0.3 is 0 Å². The summed E-state index contributed by atoms with van der Waals surface area (Å²) >= 11 is 18.2. The molecule has 1 fully saturated rings. The quantitative estimate of drug-likeness (QED) is 0.578. The van der Waals surface area contributed by atoms with Crippen molar-refractivity contribution in [3.63, 3.8) is 0 Å². The molecule has 9 heteroatoms. The zero-order valence-corrected chi connectivity index (χ0v) is 17.4. The fourth-order valence-electron chi connectivity index (χ4n) is 3.38. The van der Waals surface area contributed by atoms with E-state index in [1.807, 2.05) is 17.0 Å². The van der Waals surface area contributed by atoms with Crippen LogP contribution in [0.3, 0.4) is 0 Å². The van der Waals surface area contributed by atoms with Gasteiger partial charge in [0.1, 0.15) is 10.8 Å². The van der Waals surface area contributed by atoms with Crippen molar-refractivity contribution in [1.29, 1.82) is 0 Å². The van der Waals surface area contributed by atoms with Crippen LogP contribution >= 0.6 is 34.8 Å². The van der Waals surface area contributed by atoms with Crippen LogP contribution in [0.2, 0.25) is 15.1 Å². The first-order chi connectivity index (χ1) is 14.0. The van der Waals surface area contributed by atoms with Crippen molar-refractivity contribution in [2.75, 3.05) is 36.0 Å². The predicted octanol–water partition coefficient (Wildman–Crippen LogP) is 4.66. The standard InChI is InChI=1S/C20H16Cl3FN4O/c21-14-11-13(28-20(29)19(23)15(22)12-25-28)5-6-17(14)26-7-9-27(10-8-26)18-4-2-1-3-16(18)24/h1-6,11-12H,7-10H2. The second-order valence-corrected chi connectivity index (χ2v) is 7.78. The number of para-hydroxylation sites is 1. The zero-order chi connectivity index (χ0) is 20.5. The summed E-state index contributed by atoms with van der Waals surface area (Å²) < 4.78 is 15.2. The summed E-state index contributed by atoms with van der Waals surface area (Å²) in [5.74, 6) is -0.220. The highest BCUT2D eigenvalue weighted by Crippen LogP contribution is 2.30. The predicted molar refractivity (Wildman–Crippen MR) is 116 cm³/mol. The number of piperazine rings is 1. The number of nitrogens with zero attached hydrogens (tertiary/aromatic N) is 4. The minimum absolute atomic E-state index is 0.0915. The Labute approximate surface area is 181 Å². The molecule has 29 heavy (non-hydrogen) atoms. The molecular weight excluding hydrogens is 438 g/mol. The molecule has 1 aliphatic heterocycles. The molecule has 0 amide bonds. The van der Waals surface area contributed by atoms with E-state index in [1.165, 1.54) is 12.3 Å². The van der Waals surface area contributed by atoms with Gasteiger partial charge < -0.3 is 9.80 Å². The molecule has 150 valence electrons. The Kier molecular flexibility index (Phi) is 5.67. The molecule has 0 saturated carbocycles. The minimum atomic E-state index is -0.513. The monoisotopic (exact) mass is 452 g/mol. The summed E-state index contributed by atoms with van der Waals surface area (Å²) in [6.07, 6.45) is 1.31. The molecule has 1 aromatic heterocycles. The van der Waals surface area contributed by atoms with Gasteiger partial charge in [0.15, 0.2) is 0 Å². The van der Waals surface area contributed by atoms with Gasteiger partial charge in [0, 0.05) is 26.2 Å². The molecule has 5 nitrogen and oxygen atoms in total. The van der Waals surface area contributed by atoms with E-state index in [2.05, 4.69) is 10.00 Å². The van der Waals surface area contributed by atoms with Crippen LogP contribution in [0, 0.1) is 5.82 Å². The number of hydrogen-bond acceptors (Lipinski definition) is 4. The minimum Gasteiger partial charge on any atom is -0.367 e. The van der Waals surface area contributed by atoms with E-state index < -0.39 is 5.56 Å². The molecule has 0 N–H and O–H groups in total. The average molecular weight is 454 g/mol. The van der Waals surface area contributed by atoms with E-state index in [0.29, 0.717) is 42.6 Å². The second-order valence-electron chi connectivity index (χ2n) is 6.58. The maximum absolute atomic E-state index is 14.0. The average Bonchev–Trinajstić information content (AvgIpc) is 2.73. The number of hydrogen-bond donors (Lipinski definition) is 0. The lowest BCUT2D eigenvalue weighted by atomic mass is 10.2. The van der Waals surface area contributed by atoms with Crippen LogP contribution in [0.15, 0.2) is 53.5 Å². The van der Waals surface area contributed by atoms with Gasteiger partial charge in [-0.1, -0.05) is 46.9 Å². The van der Waals surface area contributed by atoms with E-state index in [4.69, 9.17) is 34.8 Å². The van der Waals surface area contributed by atoms with Crippen molar-refractivity contribution in [2.45, 2.75) is 0 Å². The Morgan fingerprint density at radius 2 is 1.52 bits per heavy atom. The summed E-state index contributed by atoms with van der Waals surface area (Å²) in [7, 11) is 0. The first-order valence-corrected chi connectivity index (χ1v) is 10.1. The van der Waals surface area contributed by atoms with Crippen molar-refractivity contribution < 1.29 is 4.39 Å². The molecule has 0 spiro atoms. The largest absolute Gasteiger partial charge is 0.367 e. The Bertz CT molecular complexity index is 1110. The van der Waals surface area contributed by atoms with Crippen LogP contribution in [0.4, 0.5) is 15.8 Å². The highest BCUT2D eigenvalue weighted by molar-refractivity contribution is 6.41. The smallest absolute Gasteiger partial charge is 0.291 e. The van der Waals surface area contributed by atoms with Crippen LogP contribution in [-0.4, -0.2) is 36.0 Å². The molecule has 3 aromatic rings. The summed E-state index contributed by atoms with van der Waals surface area (Å²) in [5.41, 5.74) is 1.43. The molecule has 0 unspecified atom stereocenters.